The van der Waals surface area contributed by atoms with Gasteiger partial charge in [-0.1, -0.05) is 0 Å². The van der Waals surface area contributed by atoms with Crippen LogP contribution in [0.15, 0.2) is 18.3 Å². The average molecular weight is 360 g/mol. The SMILES string of the molecule is Cc1nn(C)cc1CNC(=O)c1cc2nc(C3CC3)cc(C(F)F)n2n1. The van der Waals surface area contributed by atoms with Crippen molar-refractivity contribution in [3.05, 3.63) is 46.7 Å². The van der Waals surface area contributed by atoms with Gasteiger partial charge in [-0.25, -0.2) is 18.3 Å². The molecule has 0 aromatic carbocycles. The van der Waals surface area contributed by atoms with Crippen LogP contribution in [0.1, 0.15) is 58.3 Å². The van der Waals surface area contributed by atoms with Gasteiger partial charge in [0.15, 0.2) is 11.3 Å². The Bertz CT molecular complexity index is 989. The maximum Gasteiger partial charge on any atom is 0.280 e. The average Bonchev–Trinajstić information content (AvgIpc) is 3.27. The summed E-state index contributed by atoms with van der Waals surface area (Å²) in [6.07, 6.45) is 1.04. The van der Waals surface area contributed by atoms with Gasteiger partial charge >= 0.3 is 0 Å². The number of halogens is 2. The number of amides is 1. The molecule has 0 aliphatic heterocycles. The smallest absolute Gasteiger partial charge is 0.280 e. The molecule has 3 heterocycles. The van der Waals surface area contributed by atoms with Crippen LogP contribution in [0.5, 0.6) is 0 Å². The number of hydrogen-bond donors (Lipinski definition) is 1. The van der Waals surface area contributed by atoms with E-state index < -0.39 is 12.3 Å². The topological polar surface area (TPSA) is 77.1 Å². The third-order valence-electron chi connectivity index (χ3n) is 4.48. The zero-order valence-electron chi connectivity index (χ0n) is 14.4. The van der Waals surface area contributed by atoms with Crippen LogP contribution in [0.25, 0.3) is 5.65 Å². The molecular weight excluding hydrogens is 342 g/mol. The van der Waals surface area contributed by atoms with Crippen molar-refractivity contribution in [2.24, 2.45) is 7.05 Å². The van der Waals surface area contributed by atoms with Gasteiger partial charge in [-0.05, 0) is 25.8 Å². The van der Waals surface area contributed by atoms with Gasteiger partial charge in [0.25, 0.3) is 12.3 Å². The minimum atomic E-state index is -2.69. The second-order valence-corrected chi connectivity index (χ2v) is 6.58. The van der Waals surface area contributed by atoms with Gasteiger partial charge in [0, 0.05) is 43.0 Å². The Kier molecular flexibility index (Phi) is 3.93. The summed E-state index contributed by atoms with van der Waals surface area (Å²) in [4.78, 5) is 16.8. The molecule has 0 spiro atoms. The highest BCUT2D eigenvalue weighted by atomic mass is 19.3. The molecule has 7 nitrogen and oxygen atoms in total. The summed E-state index contributed by atoms with van der Waals surface area (Å²) >= 11 is 0. The first-order chi connectivity index (χ1) is 12.4. The van der Waals surface area contributed by atoms with E-state index in [2.05, 4.69) is 20.5 Å². The van der Waals surface area contributed by atoms with E-state index in [0.29, 0.717) is 5.69 Å². The lowest BCUT2D eigenvalue weighted by atomic mass is 10.2. The molecule has 0 unspecified atom stereocenters. The van der Waals surface area contributed by atoms with Crippen molar-refractivity contribution < 1.29 is 13.6 Å². The lowest BCUT2D eigenvalue weighted by Gasteiger charge is -2.06. The Balaban J connectivity index is 1.60. The van der Waals surface area contributed by atoms with Gasteiger partial charge in [-0.2, -0.15) is 10.2 Å². The van der Waals surface area contributed by atoms with Gasteiger partial charge in [-0.15, -0.1) is 0 Å². The maximum atomic E-state index is 13.4. The molecule has 0 radical (unpaired) electrons. The van der Waals surface area contributed by atoms with Crippen molar-refractivity contribution in [1.82, 2.24) is 29.7 Å². The lowest BCUT2D eigenvalue weighted by Crippen LogP contribution is -2.23. The molecular formula is C17H18F2N6O. The Morgan fingerprint density at radius 3 is 2.73 bits per heavy atom. The van der Waals surface area contributed by atoms with Crippen LogP contribution in [-0.4, -0.2) is 30.3 Å². The predicted molar refractivity (Wildman–Crippen MR) is 89.0 cm³/mol. The molecule has 0 saturated heterocycles. The van der Waals surface area contributed by atoms with Crippen LogP contribution in [0.2, 0.25) is 0 Å². The second-order valence-electron chi connectivity index (χ2n) is 6.58. The number of aromatic nitrogens is 5. The minimum Gasteiger partial charge on any atom is -0.346 e. The van der Waals surface area contributed by atoms with Gasteiger partial charge < -0.3 is 5.32 Å². The minimum absolute atomic E-state index is 0.0638. The molecule has 0 atom stereocenters. The molecule has 3 aromatic rings. The molecule has 1 aliphatic rings. The number of rotatable bonds is 5. The monoisotopic (exact) mass is 360 g/mol. The van der Waals surface area contributed by atoms with Gasteiger partial charge in [0.05, 0.1) is 5.69 Å². The fourth-order valence-electron chi connectivity index (χ4n) is 2.96. The summed E-state index contributed by atoms with van der Waals surface area (Å²) in [6, 6.07) is 2.84. The van der Waals surface area contributed by atoms with E-state index in [9.17, 15) is 13.6 Å². The molecule has 1 amide bonds. The first-order valence-electron chi connectivity index (χ1n) is 8.38. The Morgan fingerprint density at radius 1 is 1.35 bits per heavy atom. The van der Waals surface area contributed by atoms with Crippen molar-refractivity contribution in [1.29, 1.82) is 0 Å². The van der Waals surface area contributed by atoms with Crippen LogP contribution in [0, 0.1) is 6.92 Å². The summed E-state index contributed by atoms with van der Waals surface area (Å²) < 4.78 is 29.5. The highest BCUT2D eigenvalue weighted by molar-refractivity contribution is 5.93. The third-order valence-corrected chi connectivity index (χ3v) is 4.48. The van der Waals surface area contributed by atoms with Crippen LogP contribution >= 0.6 is 0 Å². The number of fused-ring (bicyclic) bond motifs is 1. The first-order valence-corrected chi connectivity index (χ1v) is 8.38. The van der Waals surface area contributed by atoms with Crippen molar-refractivity contribution in [2.75, 3.05) is 0 Å². The fourth-order valence-corrected chi connectivity index (χ4v) is 2.96. The molecule has 26 heavy (non-hydrogen) atoms. The third kappa shape index (κ3) is 3.04. The van der Waals surface area contributed by atoms with E-state index >= 15 is 0 Å². The van der Waals surface area contributed by atoms with E-state index in [-0.39, 0.29) is 29.5 Å². The van der Waals surface area contributed by atoms with Gasteiger partial charge in [-0.3, -0.25) is 9.48 Å². The van der Waals surface area contributed by atoms with E-state index in [1.54, 1.807) is 11.7 Å². The number of hydrogen-bond acceptors (Lipinski definition) is 4. The molecule has 1 N–H and O–H groups in total. The molecule has 3 aromatic heterocycles. The predicted octanol–water partition coefficient (Wildman–Crippen LogP) is 2.52. The Labute approximate surface area is 148 Å². The number of carbonyl (C=O) groups is 1. The van der Waals surface area contributed by atoms with Crippen LogP contribution in [-0.2, 0) is 13.6 Å². The number of carbonyl (C=O) groups excluding carboxylic acids is 1. The zero-order chi connectivity index (χ0) is 18.4. The number of aryl methyl sites for hydroxylation is 2. The highest BCUT2D eigenvalue weighted by Gasteiger charge is 2.28. The Morgan fingerprint density at radius 2 is 2.12 bits per heavy atom. The van der Waals surface area contributed by atoms with Crippen LogP contribution < -0.4 is 5.32 Å². The van der Waals surface area contributed by atoms with Crippen LogP contribution in [0.4, 0.5) is 8.78 Å². The second kappa shape index (κ2) is 6.15. The van der Waals surface area contributed by atoms with Gasteiger partial charge in [0.2, 0.25) is 0 Å². The lowest BCUT2D eigenvalue weighted by molar-refractivity contribution is 0.0944. The van der Waals surface area contributed by atoms with E-state index in [1.807, 2.05) is 13.1 Å². The highest BCUT2D eigenvalue weighted by Crippen LogP contribution is 2.40. The van der Waals surface area contributed by atoms with E-state index in [4.69, 9.17) is 0 Å². The summed E-state index contributed by atoms with van der Waals surface area (Å²) in [5, 5.41) is 11.0. The van der Waals surface area contributed by atoms with Crippen molar-refractivity contribution in [2.45, 2.75) is 38.7 Å². The van der Waals surface area contributed by atoms with Gasteiger partial charge in [0.1, 0.15) is 5.69 Å². The van der Waals surface area contributed by atoms with Crippen molar-refractivity contribution >= 4 is 11.6 Å². The molecule has 1 aliphatic carbocycles. The van der Waals surface area contributed by atoms with E-state index in [1.165, 1.54) is 12.1 Å². The number of nitrogens with one attached hydrogen (secondary N) is 1. The Hall–Kier alpha value is -2.84. The molecule has 0 bridgehead atoms. The summed E-state index contributed by atoms with van der Waals surface area (Å²) in [6.45, 7) is 2.14. The molecule has 4 rings (SSSR count). The summed E-state index contributed by atoms with van der Waals surface area (Å²) in [7, 11) is 1.80. The number of nitrogens with zero attached hydrogens (tertiary/aromatic N) is 5. The summed E-state index contributed by atoms with van der Waals surface area (Å²) in [5.41, 5.74) is 2.44. The number of alkyl halides is 2. The normalized spacial score (nSPS) is 14.3. The molecule has 1 saturated carbocycles. The molecule has 1 fully saturated rings. The quantitative estimate of drug-likeness (QED) is 0.758. The molecule has 136 valence electrons. The zero-order valence-corrected chi connectivity index (χ0v) is 14.4. The maximum absolute atomic E-state index is 13.4. The van der Waals surface area contributed by atoms with Crippen molar-refractivity contribution in [3.8, 4) is 0 Å². The fraction of sp³-hybridized carbons (Fsp3) is 0.412. The van der Waals surface area contributed by atoms with E-state index in [0.717, 1.165) is 28.6 Å². The van der Waals surface area contributed by atoms with Crippen molar-refractivity contribution in [3.63, 3.8) is 0 Å². The largest absolute Gasteiger partial charge is 0.346 e. The first kappa shape index (κ1) is 16.6. The van der Waals surface area contributed by atoms with Crippen LogP contribution in [0.3, 0.4) is 0 Å². The summed E-state index contributed by atoms with van der Waals surface area (Å²) in [5.74, 6) is -0.204. The molecule has 9 heteroatoms. The standard InChI is InChI=1S/C17H18F2N6O/c1-9-11(8-24(2)22-9)7-20-17(26)13-6-15-21-12(10-3-4-10)5-14(16(18)19)25(15)23-13/h5-6,8,10,16H,3-4,7H2,1-2H3,(H,20,26).